The highest BCUT2D eigenvalue weighted by Gasteiger charge is 2.38. The summed E-state index contributed by atoms with van der Waals surface area (Å²) in [6.07, 6.45) is 5.27. The molecule has 1 aromatic heterocycles. The van der Waals surface area contributed by atoms with Crippen molar-refractivity contribution in [2.45, 2.75) is 37.7 Å². The van der Waals surface area contributed by atoms with E-state index in [1.54, 1.807) is 0 Å². The topological polar surface area (TPSA) is 54.4 Å². The highest BCUT2D eigenvalue weighted by atomic mass is 16.4. The van der Waals surface area contributed by atoms with Crippen molar-refractivity contribution in [3.8, 4) is 0 Å². The number of hydrogen-bond donors (Lipinski definition) is 2. The van der Waals surface area contributed by atoms with Gasteiger partial charge in [-0.2, -0.15) is 0 Å². The van der Waals surface area contributed by atoms with Crippen LogP contribution < -0.4 is 5.32 Å². The number of nitrogens with zero attached hydrogens (tertiary/aromatic N) is 1. The first-order valence-corrected chi connectivity index (χ1v) is 7.10. The molecule has 2 unspecified atom stereocenters. The van der Waals surface area contributed by atoms with Crippen LogP contribution in [0.15, 0.2) is 48.4 Å². The van der Waals surface area contributed by atoms with Gasteiger partial charge in [0.15, 0.2) is 0 Å². The molecule has 104 valence electrons. The molecule has 0 spiro atoms. The van der Waals surface area contributed by atoms with Crippen molar-refractivity contribution in [3.63, 3.8) is 0 Å². The van der Waals surface area contributed by atoms with Crippen molar-refractivity contribution in [2.24, 2.45) is 0 Å². The van der Waals surface area contributed by atoms with Crippen LogP contribution in [0.4, 0.5) is 0 Å². The Hall–Kier alpha value is -1.75. The Labute approximate surface area is 119 Å². The fourth-order valence-corrected chi connectivity index (χ4v) is 2.93. The Kier molecular flexibility index (Phi) is 3.78. The third-order valence-electron chi connectivity index (χ3n) is 3.84. The normalized spacial score (nSPS) is 24.8. The number of aliphatic hydroxyl groups is 1. The zero-order valence-corrected chi connectivity index (χ0v) is 11.5. The molecule has 20 heavy (non-hydrogen) atoms. The zero-order valence-electron chi connectivity index (χ0n) is 11.5. The molecule has 1 saturated heterocycles. The molecule has 3 rings (SSSR count). The molecule has 5 heteroatoms. The number of aromatic nitrogens is 1. The molecular weight excluding hydrogens is 251 g/mol. The van der Waals surface area contributed by atoms with E-state index in [0.29, 0.717) is 12.4 Å². The van der Waals surface area contributed by atoms with Crippen LogP contribution in [-0.4, -0.2) is 29.1 Å². The van der Waals surface area contributed by atoms with Crippen molar-refractivity contribution in [2.75, 3.05) is 0 Å². The van der Waals surface area contributed by atoms with Crippen LogP contribution in [0, 0.1) is 0 Å². The summed E-state index contributed by atoms with van der Waals surface area (Å²) in [6.45, 7) is 3.65. The van der Waals surface area contributed by atoms with Gasteiger partial charge in [0.2, 0.25) is 0 Å². The predicted octanol–water partition coefficient (Wildman–Crippen LogP) is 2.19. The van der Waals surface area contributed by atoms with Crippen LogP contribution >= 0.6 is 0 Å². The molecule has 1 aromatic rings. The number of rotatable bonds is 4. The molecule has 2 aliphatic rings. The van der Waals surface area contributed by atoms with Crippen molar-refractivity contribution >= 4 is 6.92 Å². The van der Waals surface area contributed by atoms with E-state index in [1.165, 1.54) is 5.70 Å². The van der Waals surface area contributed by atoms with Gasteiger partial charge in [0.05, 0.1) is 5.76 Å². The summed E-state index contributed by atoms with van der Waals surface area (Å²) in [6, 6.07) is 5.96. The quantitative estimate of drug-likeness (QED) is 0.650. The Bertz CT molecular complexity index is 518. The first kappa shape index (κ1) is 13.2. The summed E-state index contributed by atoms with van der Waals surface area (Å²) in [4.78, 5) is 4.35. The minimum absolute atomic E-state index is 0.0843. The standard InChI is InChI=1S/C15H19BN2O2/c1-11(19)8-14-5-6-15-16(20-14)10-13(18-15)9-12-4-2-3-7-17-12/h2-4,7,10,14-15,18-19H,1,5-6,8-9H2. The summed E-state index contributed by atoms with van der Waals surface area (Å²) >= 11 is 0. The maximum absolute atomic E-state index is 9.28. The van der Waals surface area contributed by atoms with E-state index in [4.69, 9.17) is 4.65 Å². The maximum atomic E-state index is 9.28. The lowest BCUT2D eigenvalue weighted by Crippen LogP contribution is -2.45. The van der Waals surface area contributed by atoms with E-state index in [-0.39, 0.29) is 18.8 Å². The average molecular weight is 270 g/mol. The third-order valence-corrected chi connectivity index (χ3v) is 3.84. The van der Waals surface area contributed by atoms with E-state index in [9.17, 15) is 5.11 Å². The molecule has 4 nitrogen and oxygen atoms in total. The lowest BCUT2D eigenvalue weighted by atomic mass is 9.58. The van der Waals surface area contributed by atoms with Gasteiger partial charge in [0.25, 0.3) is 0 Å². The van der Waals surface area contributed by atoms with Gasteiger partial charge in [-0.05, 0) is 25.0 Å². The first-order valence-electron chi connectivity index (χ1n) is 7.10. The van der Waals surface area contributed by atoms with Crippen LogP contribution in [0.2, 0.25) is 0 Å². The summed E-state index contributed by atoms with van der Waals surface area (Å²) in [7, 11) is 0. The second-order valence-corrected chi connectivity index (χ2v) is 5.51. The van der Waals surface area contributed by atoms with E-state index >= 15 is 0 Å². The first-order chi connectivity index (χ1) is 9.70. The SMILES string of the molecule is C=C(O)CC1CCC2NC(Cc3ccccn3)=CB2O1. The Morgan fingerprint density at radius 2 is 2.40 bits per heavy atom. The molecule has 1 fully saturated rings. The lowest BCUT2D eigenvalue weighted by Gasteiger charge is -2.30. The van der Waals surface area contributed by atoms with E-state index < -0.39 is 0 Å². The van der Waals surface area contributed by atoms with Crippen LogP contribution in [-0.2, 0) is 11.1 Å². The number of nitrogens with one attached hydrogen (secondary N) is 1. The zero-order chi connectivity index (χ0) is 13.9. The summed E-state index contributed by atoms with van der Waals surface area (Å²) in [5.41, 5.74) is 2.24. The fraction of sp³-hybridized carbons (Fsp3) is 0.400. The second kappa shape index (κ2) is 5.71. The number of pyridine rings is 1. The van der Waals surface area contributed by atoms with Crippen molar-refractivity contribution < 1.29 is 9.76 Å². The van der Waals surface area contributed by atoms with Crippen LogP contribution in [0.1, 0.15) is 25.0 Å². The predicted molar refractivity (Wildman–Crippen MR) is 79.2 cm³/mol. The van der Waals surface area contributed by atoms with Crippen molar-refractivity contribution in [3.05, 3.63) is 54.1 Å². The van der Waals surface area contributed by atoms with E-state index in [2.05, 4.69) is 22.9 Å². The Balaban J connectivity index is 1.62. The van der Waals surface area contributed by atoms with Gasteiger partial charge in [-0.15, -0.1) is 0 Å². The third kappa shape index (κ3) is 3.04. The summed E-state index contributed by atoms with van der Waals surface area (Å²) in [5, 5.41) is 12.8. The lowest BCUT2D eigenvalue weighted by molar-refractivity contribution is 0.148. The molecule has 3 heterocycles. The monoisotopic (exact) mass is 270 g/mol. The van der Waals surface area contributed by atoms with E-state index in [1.807, 2.05) is 24.4 Å². The van der Waals surface area contributed by atoms with Gasteiger partial charge in [-0.1, -0.05) is 18.6 Å². The minimum Gasteiger partial charge on any atom is -0.513 e. The second-order valence-electron chi connectivity index (χ2n) is 5.51. The molecule has 0 amide bonds. The fourth-order valence-electron chi connectivity index (χ4n) is 2.93. The number of fused-ring (bicyclic) bond motifs is 1. The Morgan fingerprint density at radius 3 is 3.15 bits per heavy atom. The smallest absolute Gasteiger partial charge is 0.344 e. The highest BCUT2D eigenvalue weighted by Crippen LogP contribution is 2.26. The van der Waals surface area contributed by atoms with Gasteiger partial charge < -0.3 is 15.1 Å². The van der Waals surface area contributed by atoms with Crippen LogP contribution in [0.5, 0.6) is 0 Å². The van der Waals surface area contributed by atoms with E-state index in [0.717, 1.165) is 25.0 Å². The van der Waals surface area contributed by atoms with Gasteiger partial charge in [0, 0.05) is 42.5 Å². The maximum Gasteiger partial charge on any atom is 0.344 e. The summed E-state index contributed by atoms with van der Waals surface area (Å²) < 4.78 is 6.01. The largest absolute Gasteiger partial charge is 0.513 e. The van der Waals surface area contributed by atoms with Crippen LogP contribution in [0.3, 0.4) is 0 Å². The molecule has 2 N–H and O–H groups in total. The molecule has 0 aromatic carbocycles. The van der Waals surface area contributed by atoms with Gasteiger partial charge in [0.1, 0.15) is 0 Å². The molecule has 0 aliphatic carbocycles. The minimum atomic E-state index is 0.0843. The van der Waals surface area contributed by atoms with Gasteiger partial charge >= 0.3 is 6.92 Å². The van der Waals surface area contributed by atoms with Crippen molar-refractivity contribution in [1.82, 2.24) is 10.3 Å². The molecule has 2 atom stereocenters. The molecule has 0 radical (unpaired) electrons. The highest BCUT2D eigenvalue weighted by molar-refractivity contribution is 6.60. The van der Waals surface area contributed by atoms with Crippen LogP contribution in [0.25, 0.3) is 0 Å². The molecule has 0 bridgehead atoms. The number of aliphatic hydroxyl groups excluding tert-OH is 1. The number of hydrogen-bond acceptors (Lipinski definition) is 4. The summed E-state index contributed by atoms with van der Waals surface area (Å²) in [5.74, 6) is 2.72. The van der Waals surface area contributed by atoms with Gasteiger partial charge in [-0.3, -0.25) is 4.98 Å². The van der Waals surface area contributed by atoms with Gasteiger partial charge in [-0.25, -0.2) is 0 Å². The molecular formula is C15H19BN2O2. The Morgan fingerprint density at radius 1 is 1.50 bits per heavy atom. The number of allylic oxidation sites excluding steroid dienone is 1. The molecule has 2 aliphatic heterocycles. The average Bonchev–Trinajstić information content (AvgIpc) is 2.80. The van der Waals surface area contributed by atoms with Crippen molar-refractivity contribution in [1.29, 1.82) is 0 Å². The molecule has 0 saturated carbocycles.